The monoisotopic (exact) mass is 734 g/mol. The van der Waals surface area contributed by atoms with Gasteiger partial charge in [0.2, 0.25) is 5.82 Å². The first-order valence-corrected chi connectivity index (χ1v) is 17.8. The Morgan fingerprint density at radius 3 is 1.41 bits per heavy atom. The fourth-order valence-corrected chi connectivity index (χ4v) is 6.76. The molecule has 0 bridgehead atoms. The Hall–Kier alpha value is -7.74. The molecular weight excluding hydrogens is 701 g/mol. The zero-order chi connectivity index (χ0) is 38.2. The zero-order valence-electron chi connectivity index (χ0n) is 31.0. The summed E-state index contributed by atoms with van der Waals surface area (Å²) in [6.45, 7) is 0. The van der Waals surface area contributed by atoms with Crippen molar-refractivity contribution in [1.82, 2.24) is 69.9 Å². The molecule has 0 aliphatic heterocycles. The molecule has 14 heteroatoms. The number of aromatic nitrogens is 14. The maximum atomic E-state index is 4.42. The first-order valence-electron chi connectivity index (χ1n) is 17.8. The molecule has 272 valence electrons. The molecule has 6 aromatic heterocycles. The van der Waals surface area contributed by atoms with Crippen LogP contribution in [-0.2, 0) is 28.2 Å². The van der Waals surface area contributed by atoms with Crippen LogP contribution in [0.1, 0.15) is 0 Å². The van der Waals surface area contributed by atoms with Gasteiger partial charge in [0.25, 0.3) is 0 Å². The molecule has 4 aromatic carbocycles. The van der Waals surface area contributed by atoms with Crippen LogP contribution in [0.15, 0.2) is 135 Å². The lowest BCUT2D eigenvalue weighted by molar-refractivity contribution is 0.630. The van der Waals surface area contributed by atoms with E-state index in [1.165, 1.54) is 4.80 Å². The first-order chi connectivity index (χ1) is 27.4. The predicted molar refractivity (Wildman–Crippen MR) is 214 cm³/mol. The number of tetrazole rings is 2. The molecule has 0 spiro atoms. The van der Waals surface area contributed by atoms with E-state index >= 15 is 0 Å². The van der Waals surface area contributed by atoms with Gasteiger partial charge in [0.05, 0.1) is 19.4 Å². The van der Waals surface area contributed by atoms with Crippen LogP contribution in [0.5, 0.6) is 0 Å². The minimum absolute atomic E-state index is 0.610. The number of fused-ring (bicyclic) bond motifs is 2. The summed E-state index contributed by atoms with van der Waals surface area (Å²) >= 11 is 0. The number of benzene rings is 4. The number of hydrogen-bond donors (Lipinski definition) is 0. The van der Waals surface area contributed by atoms with Crippen LogP contribution in [-0.4, -0.2) is 69.9 Å². The van der Waals surface area contributed by atoms with E-state index in [-0.39, 0.29) is 0 Å². The third-order valence-electron chi connectivity index (χ3n) is 9.63. The summed E-state index contributed by atoms with van der Waals surface area (Å²) in [6, 6.07) is 29.2. The Morgan fingerprint density at radius 2 is 0.946 bits per heavy atom. The average Bonchev–Trinajstić information content (AvgIpc) is 4.07. The van der Waals surface area contributed by atoms with E-state index in [1.807, 2.05) is 88.9 Å². The molecule has 0 aliphatic carbocycles. The summed E-state index contributed by atoms with van der Waals surface area (Å²) in [6.07, 6.45) is 15.3. The van der Waals surface area contributed by atoms with Crippen LogP contribution in [0.3, 0.4) is 0 Å². The molecule has 14 nitrogen and oxygen atoms in total. The lowest BCUT2D eigenvalue weighted by Crippen LogP contribution is -1.95. The lowest BCUT2D eigenvalue weighted by atomic mass is 9.97. The molecule has 0 aliphatic rings. The Labute approximate surface area is 320 Å². The molecule has 0 saturated carbocycles. The molecule has 0 saturated heterocycles. The minimum Gasteiger partial charge on any atom is -0.275 e. The topological polar surface area (TPSA) is 149 Å². The van der Waals surface area contributed by atoms with Crippen molar-refractivity contribution >= 4 is 21.5 Å². The van der Waals surface area contributed by atoms with Crippen LogP contribution in [0.4, 0.5) is 0 Å². The summed E-state index contributed by atoms with van der Waals surface area (Å²) in [5, 5.41) is 37.0. The van der Waals surface area contributed by atoms with Crippen molar-refractivity contribution in [2.75, 3.05) is 0 Å². The van der Waals surface area contributed by atoms with Gasteiger partial charge in [-0.3, -0.25) is 19.3 Å². The number of nitrogens with zero attached hydrogens (tertiary/aromatic N) is 14. The van der Waals surface area contributed by atoms with Gasteiger partial charge in [-0.2, -0.15) is 15.0 Å². The van der Waals surface area contributed by atoms with Gasteiger partial charge in [0.1, 0.15) is 0 Å². The fourth-order valence-electron chi connectivity index (χ4n) is 6.76. The smallest absolute Gasteiger partial charge is 0.204 e. The second-order valence-corrected chi connectivity index (χ2v) is 13.4. The van der Waals surface area contributed by atoms with Gasteiger partial charge in [0, 0.05) is 102 Å². The molecule has 0 atom stereocenters. The average molecular weight is 735 g/mol. The maximum absolute atomic E-state index is 4.42. The van der Waals surface area contributed by atoms with Crippen molar-refractivity contribution in [2.24, 2.45) is 28.2 Å². The summed E-state index contributed by atoms with van der Waals surface area (Å²) in [4.78, 5) is 10.3. The molecule has 6 heterocycles. The van der Waals surface area contributed by atoms with E-state index in [9.17, 15) is 0 Å². The number of rotatable bonds is 6. The Balaban J connectivity index is 0.000000146. The van der Waals surface area contributed by atoms with E-state index in [0.29, 0.717) is 5.82 Å². The number of hydrogen-bond acceptors (Lipinski definition) is 10. The molecule has 0 unspecified atom stereocenters. The van der Waals surface area contributed by atoms with E-state index in [1.54, 1.807) is 21.1 Å². The maximum Gasteiger partial charge on any atom is 0.204 e. The summed E-state index contributed by atoms with van der Waals surface area (Å²) in [5.74, 6) is 1.34. The lowest BCUT2D eigenvalue weighted by Gasteiger charge is -2.09. The molecule has 0 radical (unpaired) electrons. The molecule has 0 fully saturated rings. The van der Waals surface area contributed by atoms with Crippen molar-refractivity contribution in [1.29, 1.82) is 0 Å². The van der Waals surface area contributed by atoms with Gasteiger partial charge in [-0.05, 0) is 60.8 Å². The van der Waals surface area contributed by atoms with Crippen LogP contribution in [0, 0.1) is 0 Å². The van der Waals surface area contributed by atoms with E-state index in [0.717, 1.165) is 83.0 Å². The van der Waals surface area contributed by atoms with Gasteiger partial charge in [-0.15, -0.1) is 15.3 Å². The van der Waals surface area contributed by atoms with Crippen LogP contribution < -0.4 is 0 Å². The third kappa shape index (κ3) is 6.66. The van der Waals surface area contributed by atoms with Crippen LogP contribution in [0.2, 0.25) is 0 Å². The van der Waals surface area contributed by atoms with Crippen LogP contribution >= 0.6 is 0 Å². The number of aryl methyl sites for hydroxylation is 4. The normalized spacial score (nSPS) is 11.2. The standard InChI is InChI=1S/2C21H17N7/c1-27-13-18(11-23-27)14-3-5-15(6-4-14)20-12-22-10-17-8-7-16(9-19(17)20)21-24-25-26-28(21)2;1-27-13-18(11-23-27)14-3-5-15(6-4-14)20-12-22-10-17-8-7-16(9-19(17)20)21-24-26-28(2)25-21/h2*3-13H,1-2H3. The highest BCUT2D eigenvalue weighted by molar-refractivity contribution is 5.99. The van der Waals surface area contributed by atoms with Gasteiger partial charge in [-0.25, -0.2) is 4.68 Å². The highest BCUT2D eigenvalue weighted by atomic mass is 15.6. The first kappa shape index (κ1) is 34.1. The van der Waals surface area contributed by atoms with Gasteiger partial charge in [-0.1, -0.05) is 72.8 Å². The van der Waals surface area contributed by atoms with Crippen molar-refractivity contribution in [3.63, 3.8) is 0 Å². The molecule has 10 aromatic rings. The third-order valence-corrected chi connectivity index (χ3v) is 9.63. The highest BCUT2D eigenvalue weighted by Gasteiger charge is 2.12. The highest BCUT2D eigenvalue weighted by Crippen LogP contribution is 2.34. The second-order valence-electron chi connectivity index (χ2n) is 13.4. The van der Waals surface area contributed by atoms with Crippen molar-refractivity contribution in [2.45, 2.75) is 0 Å². The molecular formula is C42H34N14. The Morgan fingerprint density at radius 1 is 0.446 bits per heavy atom. The van der Waals surface area contributed by atoms with Crippen molar-refractivity contribution in [3.05, 3.63) is 135 Å². The second kappa shape index (κ2) is 14.2. The molecule has 0 amide bonds. The zero-order valence-corrected chi connectivity index (χ0v) is 31.0. The van der Waals surface area contributed by atoms with Crippen LogP contribution in [0.25, 0.3) is 88.8 Å². The summed E-state index contributed by atoms with van der Waals surface area (Å²) < 4.78 is 5.28. The largest absolute Gasteiger partial charge is 0.275 e. The van der Waals surface area contributed by atoms with Gasteiger partial charge in [0.15, 0.2) is 5.82 Å². The molecule has 56 heavy (non-hydrogen) atoms. The van der Waals surface area contributed by atoms with Gasteiger partial charge < -0.3 is 0 Å². The Bertz CT molecular complexity index is 2970. The fraction of sp³-hybridized carbons (Fsp3) is 0.0952. The molecule has 0 N–H and O–H groups in total. The summed E-state index contributed by atoms with van der Waals surface area (Å²) in [5.41, 5.74) is 10.7. The quantitative estimate of drug-likeness (QED) is 0.175. The minimum atomic E-state index is 0.610. The predicted octanol–water partition coefficient (Wildman–Crippen LogP) is 6.99. The SMILES string of the molecule is Cn1cc(-c2ccc(-c3cncc4ccc(-c5nnn(C)n5)cc34)cc2)cn1.Cn1cc(-c2ccc(-c3cncc4ccc(-c5nnnn5C)cc34)cc2)cn1. The van der Waals surface area contributed by atoms with Gasteiger partial charge >= 0.3 is 0 Å². The van der Waals surface area contributed by atoms with Crippen molar-refractivity contribution in [3.8, 4) is 67.3 Å². The number of pyridine rings is 2. The summed E-state index contributed by atoms with van der Waals surface area (Å²) in [7, 11) is 7.44. The van der Waals surface area contributed by atoms with E-state index < -0.39 is 0 Å². The van der Waals surface area contributed by atoms with Crippen molar-refractivity contribution < 1.29 is 0 Å². The van der Waals surface area contributed by atoms with E-state index in [4.69, 9.17) is 0 Å². The Kier molecular flexibility index (Phi) is 8.66. The molecule has 10 rings (SSSR count). The van der Waals surface area contributed by atoms with E-state index in [2.05, 4.69) is 118 Å².